The number of carbonyl (C=O) groups is 2. The number of hydrogen-bond donors (Lipinski definition) is 2. The summed E-state index contributed by atoms with van der Waals surface area (Å²) >= 11 is 0. The van der Waals surface area contributed by atoms with Crippen LogP contribution in [0.3, 0.4) is 0 Å². The Morgan fingerprint density at radius 3 is 2.50 bits per heavy atom. The van der Waals surface area contributed by atoms with E-state index in [1.54, 1.807) is 29.9 Å². The Morgan fingerprint density at radius 2 is 1.94 bits per heavy atom. The molecule has 1 amide bonds. The van der Waals surface area contributed by atoms with Crippen LogP contribution in [-0.4, -0.2) is 31.3 Å². The van der Waals surface area contributed by atoms with Gasteiger partial charge in [0.05, 0.1) is 24.1 Å². The number of aryl methyl sites for hydroxylation is 1. The van der Waals surface area contributed by atoms with E-state index in [0.29, 0.717) is 11.3 Å². The number of benzene rings is 1. The van der Waals surface area contributed by atoms with Gasteiger partial charge in [0.25, 0.3) is 5.91 Å². The molecule has 2 heterocycles. The Balaban J connectivity index is 1.66. The number of imidazole rings is 1. The van der Waals surface area contributed by atoms with E-state index in [0.717, 1.165) is 19.1 Å². The minimum atomic E-state index is -4.92. The molecule has 3 aromatic rings. The van der Waals surface area contributed by atoms with Crippen molar-refractivity contribution in [2.75, 3.05) is 0 Å². The lowest BCUT2D eigenvalue weighted by Crippen LogP contribution is -2.23. The molecule has 32 heavy (non-hydrogen) atoms. The Labute approximate surface area is 180 Å². The van der Waals surface area contributed by atoms with Gasteiger partial charge in [-0.05, 0) is 25.1 Å². The van der Waals surface area contributed by atoms with Crippen molar-refractivity contribution in [1.82, 2.24) is 19.9 Å². The lowest BCUT2D eigenvalue weighted by Gasteiger charge is -2.17. The van der Waals surface area contributed by atoms with Crippen LogP contribution in [0.1, 0.15) is 44.6 Å². The van der Waals surface area contributed by atoms with E-state index in [2.05, 4.69) is 15.3 Å². The van der Waals surface area contributed by atoms with Crippen LogP contribution in [0.15, 0.2) is 43.0 Å². The molecule has 2 aromatic heterocycles. The SMILES string of the molecule is CC(=O)c1ccc(OCc2ccc(CNC(=O)c3cn(C)cn3)nc2)c(C(F)(F)F)c1O. The average molecular weight is 448 g/mol. The number of amides is 1. The zero-order chi connectivity index (χ0) is 23.5. The zero-order valence-corrected chi connectivity index (χ0v) is 17.1. The number of halogens is 3. The number of carbonyl (C=O) groups excluding carboxylic acids is 2. The standard InChI is InChI=1S/C21H19F3N4O4/c1-12(29)15-5-6-17(18(19(15)30)21(22,23)24)32-10-13-3-4-14(25-7-13)8-26-20(31)16-9-28(2)11-27-16/h3-7,9,11,30H,8,10H2,1-2H3,(H,26,31). The van der Waals surface area contributed by atoms with Gasteiger partial charge < -0.3 is 19.7 Å². The summed E-state index contributed by atoms with van der Waals surface area (Å²) in [6.07, 6.45) is -0.448. The van der Waals surface area contributed by atoms with E-state index in [9.17, 15) is 27.9 Å². The van der Waals surface area contributed by atoms with Crippen LogP contribution in [0, 0.1) is 0 Å². The van der Waals surface area contributed by atoms with E-state index in [4.69, 9.17) is 4.74 Å². The summed E-state index contributed by atoms with van der Waals surface area (Å²) in [7, 11) is 1.74. The number of Topliss-reactive ketones (excluding diaryl/α,β-unsaturated/α-hetero) is 1. The normalized spacial score (nSPS) is 11.3. The number of phenols is 1. The molecule has 3 rings (SSSR count). The summed E-state index contributed by atoms with van der Waals surface area (Å²) in [5, 5.41) is 12.6. The van der Waals surface area contributed by atoms with Crippen LogP contribution >= 0.6 is 0 Å². The molecule has 0 saturated heterocycles. The first-order chi connectivity index (χ1) is 15.1. The number of phenolic OH excluding ortho intramolecular Hbond substituents is 1. The first-order valence-corrected chi connectivity index (χ1v) is 9.33. The Bertz CT molecular complexity index is 1140. The number of nitrogens with one attached hydrogen (secondary N) is 1. The molecule has 11 heteroatoms. The zero-order valence-electron chi connectivity index (χ0n) is 17.1. The molecule has 0 aliphatic carbocycles. The van der Waals surface area contributed by atoms with Crippen molar-refractivity contribution in [3.63, 3.8) is 0 Å². The number of rotatable bonds is 7. The summed E-state index contributed by atoms with van der Waals surface area (Å²) in [4.78, 5) is 31.5. The van der Waals surface area contributed by atoms with E-state index in [-0.39, 0.29) is 24.8 Å². The fraction of sp³-hybridized carbons (Fsp3) is 0.238. The molecule has 2 N–H and O–H groups in total. The third kappa shape index (κ3) is 5.23. The smallest absolute Gasteiger partial charge is 0.423 e. The topological polar surface area (TPSA) is 106 Å². The van der Waals surface area contributed by atoms with Crippen LogP contribution in [0.2, 0.25) is 0 Å². The molecule has 0 spiro atoms. The molecular weight excluding hydrogens is 429 g/mol. The molecule has 168 valence electrons. The lowest BCUT2D eigenvalue weighted by atomic mass is 10.0. The molecular formula is C21H19F3N4O4. The van der Waals surface area contributed by atoms with E-state index in [1.807, 2.05) is 0 Å². The van der Waals surface area contributed by atoms with Gasteiger partial charge in [-0.3, -0.25) is 14.6 Å². The number of aromatic hydroxyl groups is 1. The minimum absolute atomic E-state index is 0.134. The second-order valence-electron chi connectivity index (χ2n) is 6.94. The molecule has 0 bridgehead atoms. The van der Waals surface area contributed by atoms with Gasteiger partial charge >= 0.3 is 6.18 Å². The number of pyridine rings is 1. The molecule has 0 saturated carbocycles. The van der Waals surface area contributed by atoms with Crippen LogP contribution in [-0.2, 0) is 26.4 Å². The van der Waals surface area contributed by atoms with Crippen molar-refractivity contribution in [3.8, 4) is 11.5 Å². The van der Waals surface area contributed by atoms with Crippen molar-refractivity contribution in [2.24, 2.45) is 7.05 Å². The minimum Gasteiger partial charge on any atom is -0.506 e. The number of ether oxygens (including phenoxy) is 1. The van der Waals surface area contributed by atoms with Gasteiger partial charge in [-0.1, -0.05) is 6.07 Å². The largest absolute Gasteiger partial charge is 0.506 e. The van der Waals surface area contributed by atoms with Crippen molar-refractivity contribution in [1.29, 1.82) is 0 Å². The fourth-order valence-corrected chi connectivity index (χ4v) is 2.85. The lowest BCUT2D eigenvalue weighted by molar-refractivity contribution is -0.140. The fourth-order valence-electron chi connectivity index (χ4n) is 2.85. The summed E-state index contributed by atoms with van der Waals surface area (Å²) in [6, 6.07) is 5.26. The van der Waals surface area contributed by atoms with Gasteiger partial charge in [0, 0.05) is 25.0 Å². The highest BCUT2D eigenvalue weighted by Gasteiger charge is 2.39. The molecule has 1 aromatic carbocycles. The number of ketones is 1. The van der Waals surface area contributed by atoms with Gasteiger partial charge in [0.15, 0.2) is 5.78 Å². The maximum Gasteiger partial charge on any atom is 0.423 e. The average Bonchev–Trinajstić information content (AvgIpc) is 3.16. The number of alkyl halides is 3. The molecule has 0 unspecified atom stereocenters. The van der Waals surface area contributed by atoms with Crippen molar-refractivity contribution in [2.45, 2.75) is 26.3 Å². The Kier molecular flexibility index (Phi) is 6.47. The van der Waals surface area contributed by atoms with E-state index in [1.165, 1.54) is 12.5 Å². The van der Waals surface area contributed by atoms with E-state index >= 15 is 0 Å². The second-order valence-corrected chi connectivity index (χ2v) is 6.94. The van der Waals surface area contributed by atoms with Gasteiger partial charge in [0.2, 0.25) is 0 Å². The summed E-state index contributed by atoms with van der Waals surface area (Å²) in [5.41, 5.74) is -0.599. The van der Waals surface area contributed by atoms with Gasteiger partial charge in [-0.25, -0.2) is 4.98 Å². The van der Waals surface area contributed by atoms with E-state index < -0.39 is 34.6 Å². The Morgan fingerprint density at radius 1 is 1.19 bits per heavy atom. The van der Waals surface area contributed by atoms with Crippen molar-refractivity contribution >= 4 is 11.7 Å². The van der Waals surface area contributed by atoms with Crippen molar-refractivity contribution < 1.29 is 32.6 Å². The number of nitrogens with zero attached hydrogens (tertiary/aromatic N) is 3. The third-order valence-electron chi connectivity index (χ3n) is 4.45. The van der Waals surface area contributed by atoms with Crippen LogP contribution in [0.4, 0.5) is 13.2 Å². The van der Waals surface area contributed by atoms with Gasteiger partial charge in [-0.2, -0.15) is 13.2 Å². The molecule has 0 atom stereocenters. The highest BCUT2D eigenvalue weighted by molar-refractivity contribution is 5.97. The molecule has 0 radical (unpaired) electrons. The summed E-state index contributed by atoms with van der Waals surface area (Å²) < 4.78 is 47.1. The van der Waals surface area contributed by atoms with Crippen molar-refractivity contribution in [3.05, 3.63) is 71.1 Å². The Hall–Kier alpha value is -3.89. The first kappa shape index (κ1) is 22.8. The monoisotopic (exact) mass is 448 g/mol. The van der Waals surface area contributed by atoms with Gasteiger partial charge in [0.1, 0.15) is 29.4 Å². The van der Waals surface area contributed by atoms with Crippen LogP contribution in [0.25, 0.3) is 0 Å². The van der Waals surface area contributed by atoms with Crippen LogP contribution in [0.5, 0.6) is 11.5 Å². The quantitative estimate of drug-likeness (QED) is 0.538. The number of hydrogen-bond acceptors (Lipinski definition) is 6. The summed E-state index contributed by atoms with van der Waals surface area (Å²) in [5.74, 6) is -2.84. The van der Waals surface area contributed by atoms with Crippen LogP contribution < -0.4 is 10.1 Å². The second kappa shape index (κ2) is 9.08. The predicted molar refractivity (Wildman–Crippen MR) is 106 cm³/mol. The number of aromatic nitrogens is 3. The molecule has 8 nitrogen and oxygen atoms in total. The maximum absolute atomic E-state index is 13.4. The highest BCUT2D eigenvalue weighted by Crippen LogP contribution is 2.44. The predicted octanol–water partition coefficient (Wildman–Crippen LogP) is 3.25. The molecule has 0 fully saturated rings. The first-order valence-electron chi connectivity index (χ1n) is 9.33. The maximum atomic E-state index is 13.4. The molecule has 0 aliphatic heterocycles. The third-order valence-corrected chi connectivity index (χ3v) is 4.45. The highest BCUT2D eigenvalue weighted by atomic mass is 19.4. The molecule has 0 aliphatic rings. The van der Waals surface area contributed by atoms with Gasteiger partial charge in [-0.15, -0.1) is 0 Å². The summed E-state index contributed by atoms with van der Waals surface area (Å²) in [6.45, 7) is 0.937.